The van der Waals surface area contributed by atoms with E-state index in [0.717, 1.165) is 63.3 Å². The number of nitrogens with zero attached hydrogens (tertiary/aromatic N) is 3. The predicted octanol–water partition coefficient (Wildman–Crippen LogP) is 7.27. The fraction of sp³-hybridized carbons (Fsp3) is 0.393. The van der Waals surface area contributed by atoms with Gasteiger partial charge in [-0.25, -0.2) is 4.68 Å². The number of allylic oxidation sites excluding steroid dienone is 1. The van der Waals surface area contributed by atoms with E-state index >= 15 is 0 Å². The van der Waals surface area contributed by atoms with Crippen molar-refractivity contribution in [2.45, 2.75) is 65.1 Å². The van der Waals surface area contributed by atoms with Crippen LogP contribution in [0.15, 0.2) is 57.3 Å². The number of unbranched alkanes of at least 4 members (excludes halogenated alkanes) is 1. The number of carbonyl (C=O) groups is 1. The first-order valence-corrected chi connectivity index (χ1v) is 14.5. The maximum atomic E-state index is 13.9. The maximum Gasteiger partial charge on any atom is 0.255 e. The molecule has 2 heterocycles. The first-order valence-electron chi connectivity index (χ1n) is 12.7. The maximum absolute atomic E-state index is 13.9. The average Bonchev–Trinajstić information content (AvgIpc) is 3.27. The van der Waals surface area contributed by atoms with Crippen molar-refractivity contribution in [2.75, 3.05) is 23.0 Å². The molecule has 0 saturated heterocycles. The number of hydrogen-bond donors (Lipinski definition) is 2. The number of aromatic nitrogens is 3. The quantitative estimate of drug-likeness (QED) is 0.193. The van der Waals surface area contributed by atoms with E-state index < -0.39 is 6.04 Å². The minimum absolute atomic E-state index is 0.188. The van der Waals surface area contributed by atoms with Gasteiger partial charge in [0.15, 0.2) is 0 Å². The number of fused-ring (bicyclic) bond motifs is 1. The number of nitrogens with one attached hydrogen (secondary N) is 2. The molecule has 3 aromatic rings. The highest BCUT2D eigenvalue weighted by Crippen LogP contribution is 2.41. The van der Waals surface area contributed by atoms with Crippen molar-refractivity contribution in [3.63, 3.8) is 0 Å². The number of hydrogen-bond acceptors (Lipinski definition) is 6. The summed E-state index contributed by atoms with van der Waals surface area (Å²) in [5, 5.41) is 12.0. The molecule has 1 aliphatic rings. The Hall–Kier alpha value is -2.78. The van der Waals surface area contributed by atoms with Crippen molar-refractivity contribution in [1.29, 1.82) is 0 Å². The zero-order valence-corrected chi connectivity index (χ0v) is 24.4. The van der Waals surface area contributed by atoms with Crippen molar-refractivity contribution in [3.05, 3.63) is 68.8 Å². The number of carbonyl (C=O) groups excluding carboxylic acids is 1. The molecule has 2 N–H and O–H groups in total. The lowest BCUT2D eigenvalue weighted by molar-refractivity contribution is -0.113. The summed E-state index contributed by atoms with van der Waals surface area (Å²) in [6, 6.07) is 11.3. The van der Waals surface area contributed by atoms with Crippen LogP contribution in [0.4, 0.5) is 11.6 Å². The van der Waals surface area contributed by atoms with Crippen LogP contribution in [-0.4, -0.2) is 33.0 Å². The van der Waals surface area contributed by atoms with Crippen LogP contribution in [0.2, 0.25) is 0 Å². The van der Waals surface area contributed by atoms with Gasteiger partial charge in [0.1, 0.15) is 11.8 Å². The first-order chi connectivity index (χ1) is 17.8. The number of halogens is 1. The van der Waals surface area contributed by atoms with Crippen LogP contribution < -0.4 is 15.4 Å². The molecule has 9 heteroatoms. The Morgan fingerprint density at radius 2 is 2.00 bits per heavy atom. The summed E-state index contributed by atoms with van der Waals surface area (Å²) in [6.45, 7) is 10.8. The number of ether oxygens (including phenoxy) is 1. The molecular formula is C28H34BrN5O2S. The largest absolute Gasteiger partial charge is 0.493 e. The molecule has 2 aromatic carbocycles. The summed E-state index contributed by atoms with van der Waals surface area (Å²) in [6.07, 6.45) is 3.08. The van der Waals surface area contributed by atoms with Gasteiger partial charge in [-0.05, 0) is 69.0 Å². The number of anilines is 2. The molecule has 1 atom stereocenters. The molecule has 1 unspecified atom stereocenters. The van der Waals surface area contributed by atoms with E-state index in [1.165, 1.54) is 0 Å². The molecule has 7 nitrogen and oxygen atoms in total. The topological polar surface area (TPSA) is 81.1 Å². The highest BCUT2D eigenvalue weighted by molar-refractivity contribution is 9.10. The highest BCUT2D eigenvalue weighted by Gasteiger charge is 2.36. The van der Waals surface area contributed by atoms with Crippen molar-refractivity contribution < 1.29 is 9.53 Å². The van der Waals surface area contributed by atoms with Gasteiger partial charge in [-0.3, -0.25) is 4.79 Å². The lowest BCUT2D eigenvalue weighted by Gasteiger charge is -2.30. The Morgan fingerprint density at radius 3 is 2.76 bits per heavy atom. The number of rotatable bonds is 10. The van der Waals surface area contributed by atoms with E-state index in [4.69, 9.17) is 14.8 Å². The molecule has 1 aliphatic heterocycles. The Bertz CT molecular complexity index is 1320. The SMILES string of the molecule is CCCCSc1nc2n(n1)C(c1cc(Br)ccc1OCCC)C(C(=O)Nc1cccc(C)c1C)=C(C)N2. The van der Waals surface area contributed by atoms with Gasteiger partial charge in [0, 0.05) is 27.2 Å². The van der Waals surface area contributed by atoms with Crippen molar-refractivity contribution >= 4 is 45.2 Å². The molecule has 0 radical (unpaired) electrons. The molecule has 196 valence electrons. The van der Waals surface area contributed by atoms with E-state index in [1.54, 1.807) is 11.8 Å². The summed E-state index contributed by atoms with van der Waals surface area (Å²) >= 11 is 5.26. The summed E-state index contributed by atoms with van der Waals surface area (Å²) < 4.78 is 8.87. The molecule has 1 aromatic heterocycles. The van der Waals surface area contributed by atoms with Gasteiger partial charge in [0.05, 0.1) is 12.2 Å². The summed E-state index contributed by atoms with van der Waals surface area (Å²) in [7, 11) is 0. The van der Waals surface area contributed by atoms with Crippen LogP contribution in [0.25, 0.3) is 0 Å². The van der Waals surface area contributed by atoms with Crippen LogP contribution in [0.3, 0.4) is 0 Å². The Balaban J connectivity index is 1.81. The van der Waals surface area contributed by atoms with Crippen molar-refractivity contribution in [2.24, 2.45) is 0 Å². The molecule has 1 amide bonds. The van der Waals surface area contributed by atoms with Gasteiger partial charge in [0.2, 0.25) is 11.1 Å². The fourth-order valence-electron chi connectivity index (χ4n) is 4.23. The first kappa shape index (κ1) is 27.3. The normalized spacial score (nSPS) is 14.8. The molecule has 37 heavy (non-hydrogen) atoms. The second kappa shape index (κ2) is 12.2. The Labute approximate surface area is 231 Å². The van der Waals surface area contributed by atoms with Gasteiger partial charge in [-0.1, -0.05) is 60.1 Å². The van der Waals surface area contributed by atoms with Gasteiger partial charge >= 0.3 is 0 Å². The standard InChI is InChI=1S/C28H34BrN5O2S/c1-6-8-15-37-28-32-27-30-19(5)24(26(35)31-22-11-9-10-17(3)18(22)4)25(34(27)33-28)21-16-20(29)12-13-23(21)36-14-7-2/h9-13,16,25H,6-8,14-15H2,1-5H3,(H,31,35)(H,30,32,33). The predicted molar refractivity (Wildman–Crippen MR) is 155 cm³/mol. The van der Waals surface area contributed by atoms with Gasteiger partial charge in [-0.2, -0.15) is 4.98 Å². The van der Waals surface area contributed by atoms with E-state index in [2.05, 4.69) is 40.4 Å². The Morgan fingerprint density at radius 1 is 1.19 bits per heavy atom. The van der Waals surface area contributed by atoms with Crippen LogP contribution in [0, 0.1) is 13.8 Å². The second-order valence-electron chi connectivity index (χ2n) is 9.16. The fourth-order valence-corrected chi connectivity index (χ4v) is 5.53. The zero-order valence-electron chi connectivity index (χ0n) is 22.0. The third-order valence-electron chi connectivity index (χ3n) is 6.39. The van der Waals surface area contributed by atoms with Gasteiger partial charge in [0.25, 0.3) is 5.91 Å². The second-order valence-corrected chi connectivity index (χ2v) is 11.1. The summed E-state index contributed by atoms with van der Waals surface area (Å²) in [5.41, 5.74) is 5.12. The molecule has 0 aliphatic carbocycles. The van der Waals surface area contributed by atoms with Crippen molar-refractivity contribution in [1.82, 2.24) is 14.8 Å². The smallest absolute Gasteiger partial charge is 0.255 e. The third-order valence-corrected chi connectivity index (χ3v) is 7.80. The van der Waals surface area contributed by atoms with Gasteiger partial charge < -0.3 is 15.4 Å². The van der Waals surface area contributed by atoms with E-state index in [1.807, 2.05) is 61.9 Å². The van der Waals surface area contributed by atoms with E-state index in [-0.39, 0.29) is 5.91 Å². The molecule has 0 saturated carbocycles. The lowest BCUT2D eigenvalue weighted by atomic mass is 9.94. The molecule has 0 fully saturated rings. The van der Waals surface area contributed by atoms with E-state index in [0.29, 0.717) is 23.3 Å². The van der Waals surface area contributed by atoms with Crippen LogP contribution >= 0.6 is 27.7 Å². The van der Waals surface area contributed by atoms with Crippen LogP contribution in [0.5, 0.6) is 5.75 Å². The summed E-state index contributed by atoms with van der Waals surface area (Å²) in [4.78, 5) is 18.7. The highest BCUT2D eigenvalue weighted by atomic mass is 79.9. The van der Waals surface area contributed by atoms with E-state index in [9.17, 15) is 4.79 Å². The molecule has 0 bridgehead atoms. The molecular weight excluding hydrogens is 550 g/mol. The minimum atomic E-state index is -0.515. The van der Waals surface area contributed by atoms with Crippen LogP contribution in [0.1, 0.15) is 62.8 Å². The van der Waals surface area contributed by atoms with Gasteiger partial charge in [-0.15, -0.1) is 5.10 Å². The molecule has 0 spiro atoms. The number of aryl methyl sites for hydroxylation is 1. The number of benzene rings is 2. The minimum Gasteiger partial charge on any atom is -0.493 e. The zero-order chi connectivity index (χ0) is 26.5. The van der Waals surface area contributed by atoms with Crippen molar-refractivity contribution in [3.8, 4) is 5.75 Å². The number of amides is 1. The number of thioether (sulfide) groups is 1. The van der Waals surface area contributed by atoms with Crippen LogP contribution in [-0.2, 0) is 4.79 Å². The Kier molecular flexibility index (Phi) is 8.97. The summed E-state index contributed by atoms with van der Waals surface area (Å²) in [5.74, 6) is 2.10. The molecule has 4 rings (SSSR count). The monoisotopic (exact) mass is 583 g/mol. The lowest BCUT2D eigenvalue weighted by Crippen LogP contribution is -2.32. The average molecular weight is 585 g/mol. The third kappa shape index (κ3) is 6.04.